The van der Waals surface area contributed by atoms with Gasteiger partial charge in [-0.15, -0.1) is 0 Å². The minimum Gasteiger partial charge on any atom is -0.507 e. The number of nitrogens with one attached hydrogen (secondary N) is 1. The van der Waals surface area contributed by atoms with Crippen molar-refractivity contribution in [3.8, 4) is 5.75 Å². The Hall–Kier alpha value is -1.51. The van der Waals surface area contributed by atoms with Crippen LogP contribution in [0.3, 0.4) is 0 Å². The molecule has 0 saturated carbocycles. The molecule has 1 aromatic carbocycles. The highest BCUT2D eigenvalue weighted by Crippen LogP contribution is 2.16. The van der Waals surface area contributed by atoms with Gasteiger partial charge in [0.1, 0.15) is 5.75 Å². The van der Waals surface area contributed by atoms with Crippen LogP contribution < -0.4 is 5.32 Å². The number of carbonyl (C=O) groups is 1. The molecule has 3 nitrogen and oxygen atoms in total. The van der Waals surface area contributed by atoms with E-state index in [1.165, 1.54) is 6.07 Å². The summed E-state index contributed by atoms with van der Waals surface area (Å²) < 4.78 is 0. The van der Waals surface area contributed by atoms with E-state index in [1.54, 1.807) is 18.2 Å². The molecule has 0 aliphatic heterocycles. The minimum atomic E-state index is -0.233. The van der Waals surface area contributed by atoms with Crippen molar-refractivity contribution in [2.75, 3.05) is 6.54 Å². The lowest BCUT2D eigenvalue weighted by Gasteiger charge is -2.18. The van der Waals surface area contributed by atoms with Crippen LogP contribution in [0.25, 0.3) is 0 Å². The van der Waals surface area contributed by atoms with Crippen molar-refractivity contribution in [2.45, 2.75) is 20.8 Å². The average molecular weight is 207 g/mol. The highest BCUT2D eigenvalue weighted by Gasteiger charge is 2.14. The molecule has 0 atom stereocenters. The van der Waals surface area contributed by atoms with Crippen molar-refractivity contribution in [3.63, 3.8) is 0 Å². The van der Waals surface area contributed by atoms with Gasteiger partial charge in [0.15, 0.2) is 0 Å². The largest absolute Gasteiger partial charge is 0.507 e. The number of hydrogen-bond acceptors (Lipinski definition) is 2. The molecule has 0 saturated heterocycles. The Morgan fingerprint density at radius 1 is 1.33 bits per heavy atom. The van der Waals surface area contributed by atoms with Crippen molar-refractivity contribution < 1.29 is 9.90 Å². The van der Waals surface area contributed by atoms with Crippen molar-refractivity contribution >= 4 is 5.91 Å². The summed E-state index contributed by atoms with van der Waals surface area (Å²) in [5, 5.41) is 12.2. The second kappa shape index (κ2) is 4.34. The van der Waals surface area contributed by atoms with Crippen LogP contribution in [0.5, 0.6) is 5.75 Å². The van der Waals surface area contributed by atoms with Crippen molar-refractivity contribution in [1.29, 1.82) is 0 Å². The van der Waals surface area contributed by atoms with Crippen LogP contribution in [-0.2, 0) is 0 Å². The molecule has 0 bridgehead atoms. The van der Waals surface area contributed by atoms with Gasteiger partial charge in [0.25, 0.3) is 5.91 Å². The number of benzene rings is 1. The quantitative estimate of drug-likeness (QED) is 0.780. The molecular formula is C12H17NO2. The van der Waals surface area contributed by atoms with Crippen molar-refractivity contribution in [1.82, 2.24) is 5.32 Å². The van der Waals surface area contributed by atoms with Crippen LogP contribution in [0.4, 0.5) is 0 Å². The summed E-state index contributed by atoms with van der Waals surface area (Å²) in [6, 6.07) is 6.53. The highest BCUT2D eigenvalue weighted by molar-refractivity contribution is 5.96. The normalized spacial score (nSPS) is 11.1. The number of carbonyl (C=O) groups excluding carboxylic acids is 1. The van der Waals surface area contributed by atoms with Gasteiger partial charge in [-0.05, 0) is 17.5 Å². The SMILES string of the molecule is CC(C)(C)CNC(=O)c1ccccc1O. The fourth-order valence-corrected chi connectivity index (χ4v) is 1.11. The van der Waals surface area contributed by atoms with Gasteiger partial charge < -0.3 is 10.4 Å². The lowest BCUT2D eigenvalue weighted by Crippen LogP contribution is -2.32. The Bertz CT molecular complexity index is 353. The third kappa shape index (κ3) is 3.62. The number of rotatable bonds is 2. The fourth-order valence-electron chi connectivity index (χ4n) is 1.11. The molecule has 1 rings (SSSR count). The van der Waals surface area contributed by atoms with Gasteiger partial charge in [0.2, 0.25) is 0 Å². The van der Waals surface area contributed by atoms with Gasteiger partial charge >= 0.3 is 0 Å². The third-order valence-corrected chi connectivity index (χ3v) is 1.93. The zero-order chi connectivity index (χ0) is 11.5. The number of hydrogen-bond donors (Lipinski definition) is 2. The summed E-state index contributed by atoms with van der Waals surface area (Å²) in [5.41, 5.74) is 0.363. The van der Waals surface area contributed by atoms with E-state index in [1.807, 2.05) is 20.8 Å². The van der Waals surface area contributed by atoms with E-state index >= 15 is 0 Å². The second-order valence-electron chi connectivity index (χ2n) is 4.76. The van der Waals surface area contributed by atoms with Crippen LogP contribution in [-0.4, -0.2) is 17.6 Å². The predicted octanol–water partition coefficient (Wildman–Crippen LogP) is 2.17. The topological polar surface area (TPSA) is 49.3 Å². The third-order valence-electron chi connectivity index (χ3n) is 1.93. The van der Waals surface area contributed by atoms with Crippen LogP contribution in [0.2, 0.25) is 0 Å². The predicted molar refractivity (Wildman–Crippen MR) is 59.9 cm³/mol. The Morgan fingerprint density at radius 2 is 1.93 bits per heavy atom. The smallest absolute Gasteiger partial charge is 0.255 e. The molecule has 0 radical (unpaired) electrons. The average Bonchev–Trinajstić information content (AvgIpc) is 2.14. The second-order valence-corrected chi connectivity index (χ2v) is 4.76. The van der Waals surface area contributed by atoms with Crippen molar-refractivity contribution in [3.05, 3.63) is 29.8 Å². The molecule has 0 aliphatic rings. The van der Waals surface area contributed by atoms with E-state index in [0.29, 0.717) is 12.1 Å². The van der Waals surface area contributed by atoms with Gasteiger partial charge in [-0.1, -0.05) is 32.9 Å². The van der Waals surface area contributed by atoms with E-state index < -0.39 is 0 Å². The molecule has 82 valence electrons. The molecule has 0 heterocycles. The van der Waals surface area contributed by atoms with Crippen LogP contribution in [0.1, 0.15) is 31.1 Å². The van der Waals surface area contributed by atoms with Gasteiger partial charge in [-0.2, -0.15) is 0 Å². The summed E-state index contributed by atoms with van der Waals surface area (Å²) in [6.07, 6.45) is 0. The number of phenols is 1. The van der Waals surface area contributed by atoms with Gasteiger partial charge in [-0.25, -0.2) is 0 Å². The molecule has 0 spiro atoms. The molecule has 0 aromatic heterocycles. The Kier molecular flexibility index (Phi) is 3.35. The monoisotopic (exact) mass is 207 g/mol. The fraction of sp³-hybridized carbons (Fsp3) is 0.417. The summed E-state index contributed by atoms with van der Waals surface area (Å²) in [7, 11) is 0. The molecule has 2 N–H and O–H groups in total. The van der Waals surface area contributed by atoms with Crippen LogP contribution in [0.15, 0.2) is 24.3 Å². The lowest BCUT2D eigenvalue weighted by molar-refractivity contribution is 0.0936. The van der Waals surface area contributed by atoms with E-state index in [-0.39, 0.29) is 17.1 Å². The summed E-state index contributed by atoms with van der Waals surface area (Å²) in [6.45, 7) is 6.70. The maximum absolute atomic E-state index is 11.6. The Morgan fingerprint density at radius 3 is 2.47 bits per heavy atom. The summed E-state index contributed by atoms with van der Waals surface area (Å²) in [4.78, 5) is 11.6. The first-order valence-electron chi connectivity index (χ1n) is 4.96. The van der Waals surface area contributed by atoms with E-state index in [2.05, 4.69) is 5.32 Å². The molecule has 1 amide bonds. The van der Waals surface area contributed by atoms with E-state index in [9.17, 15) is 9.90 Å². The Balaban J connectivity index is 2.66. The molecule has 0 fully saturated rings. The van der Waals surface area contributed by atoms with Gasteiger partial charge in [0.05, 0.1) is 5.56 Å². The van der Waals surface area contributed by atoms with E-state index in [0.717, 1.165) is 0 Å². The summed E-state index contributed by atoms with van der Waals surface area (Å²) in [5.74, 6) is -0.216. The molecular weight excluding hydrogens is 190 g/mol. The first kappa shape index (κ1) is 11.6. The zero-order valence-corrected chi connectivity index (χ0v) is 9.37. The molecule has 0 unspecified atom stereocenters. The molecule has 1 aromatic rings. The number of amides is 1. The minimum absolute atomic E-state index is 0.0175. The van der Waals surface area contributed by atoms with Crippen molar-refractivity contribution in [2.24, 2.45) is 5.41 Å². The first-order valence-corrected chi connectivity index (χ1v) is 4.96. The Labute approximate surface area is 90.1 Å². The summed E-state index contributed by atoms with van der Waals surface area (Å²) >= 11 is 0. The standard InChI is InChI=1S/C12H17NO2/c1-12(2,3)8-13-11(15)9-6-4-5-7-10(9)14/h4-7,14H,8H2,1-3H3,(H,13,15). The van der Waals surface area contributed by atoms with Gasteiger partial charge in [-0.3, -0.25) is 4.79 Å². The first-order chi connectivity index (χ1) is 6.90. The molecule has 15 heavy (non-hydrogen) atoms. The maximum Gasteiger partial charge on any atom is 0.255 e. The van der Waals surface area contributed by atoms with Crippen LogP contribution >= 0.6 is 0 Å². The molecule has 0 aliphatic carbocycles. The number of aromatic hydroxyl groups is 1. The lowest BCUT2D eigenvalue weighted by atomic mass is 9.97. The zero-order valence-electron chi connectivity index (χ0n) is 9.37. The number of phenolic OH excluding ortho intramolecular Hbond substituents is 1. The van der Waals surface area contributed by atoms with E-state index in [4.69, 9.17) is 0 Å². The number of para-hydroxylation sites is 1. The maximum atomic E-state index is 11.6. The van der Waals surface area contributed by atoms with Crippen LogP contribution in [0, 0.1) is 5.41 Å². The highest BCUT2D eigenvalue weighted by atomic mass is 16.3. The van der Waals surface area contributed by atoms with Gasteiger partial charge in [0, 0.05) is 6.54 Å². The molecule has 3 heteroatoms.